The number of fused-ring (bicyclic) bond motifs is 2. The number of ether oxygens (including phenoxy) is 4. The minimum atomic E-state index is -3.68. The molecule has 0 bridgehead atoms. The topological polar surface area (TPSA) is 78.1 Å². The van der Waals surface area contributed by atoms with E-state index >= 15 is 0 Å². The molecule has 1 atom stereocenters. The molecule has 0 radical (unpaired) electrons. The maximum absolute atomic E-state index is 13.0. The molecule has 0 spiro atoms. The number of nitrogens with one attached hydrogen (secondary N) is 2. The van der Waals surface area contributed by atoms with Gasteiger partial charge in [-0.25, -0.2) is 0 Å². The summed E-state index contributed by atoms with van der Waals surface area (Å²) < 4.78 is 45.3. The number of amides is 1. The van der Waals surface area contributed by atoms with Gasteiger partial charge in [-0.15, -0.1) is 8.78 Å². The molecule has 7 nitrogen and oxygen atoms in total. The minimum Gasteiger partial charge on any atom is -0.454 e. The molecule has 136 valence electrons. The molecule has 0 fully saturated rings. The van der Waals surface area contributed by atoms with E-state index < -0.39 is 12.3 Å². The van der Waals surface area contributed by atoms with E-state index in [1.807, 2.05) is 0 Å². The largest absolute Gasteiger partial charge is 0.586 e. The molecule has 2 aromatic rings. The second kappa shape index (κ2) is 5.94. The van der Waals surface area contributed by atoms with Gasteiger partial charge in [0.2, 0.25) is 12.7 Å². The maximum atomic E-state index is 13.0. The van der Waals surface area contributed by atoms with Crippen molar-refractivity contribution in [1.82, 2.24) is 0 Å². The lowest BCUT2D eigenvalue weighted by molar-refractivity contribution is -0.286. The SMILES string of the molecule is C[C@H](Nc1ccc2c(c1)OC(F)(F)O2)C(=O)Nc1ccc2c(c1)OCO2. The van der Waals surface area contributed by atoms with Crippen molar-refractivity contribution < 1.29 is 32.5 Å². The van der Waals surface area contributed by atoms with E-state index in [9.17, 15) is 13.6 Å². The molecule has 2 N–H and O–H groups in total. The highest BCUT2D eigenvalue weighted by atomic mass is 19.3. The van der Waals surface area contributed by atoms with Gasteiger partial charge in [-0.2, -0.15) is 0 Å². The number of carbonyl (C=O) groups excluding carboxylic acids is 1. The third kappa shape index (κ3) is 3.15. The summed E-state index contributed by atoms with van der Waals surface area (Å²) in [7, 11) is 0. The van der Waals surface area contributed by atoms with E-state index in [0.717, 1.165) is 0 Å². The number of benzene rings is 2. The van der Waals surface area contributed by atoms with E-state index in [2.05, 4.69) is 20.1 Å². The van der Waals surface area contributed by atoms with Gasteiger partial charge in [-0.3, -0.25) is 4.79 Å². The van der Waals surface area contributed by atoms with Crippen LogP contribution in [0.25, 0.3) is 0 Å². The highest BCUT2D eigenvalue weighted by molar-refractivity contribution is 5.96. The number of hydrogen-bond acceptors (Lipinski definition) is 6. The summed E-state index contributed by atoms with van der Waals surface area (Å²) in [5.41, 5.74) is 0.997. The van der Waals surface area contributed by atoms with Crippen LogP contribution in [-0.2, 0) is 4.79 Å². The Balaban J connectivity index is 1.40. The van der Waals surface area contributed by atoms with Crippen LogP contribution in [-0.4, -0.2) is 25.0 Å². The predicted octanol–water partition coefficient (Wildman–Crippen LogP) is 3.18. The molecular weight excluding hydrogens is 350 g/mol. The van der Waals surface area contributed by atoms with Gasteiger partial charge in [-0.05, 0) is 31.2 Å². The molecule has 4 rings (SSSR count). The van der Waals surface area contributed by atoms with Crippen LogP contribution in [0.3, 0.4) is 0 Å². The number of hydrogen-bond donors (Lipinski definition) is 2. The van der Waals surface area contributed by atoms with Gasteiger partial charge >= 0.3 is 6.29 Å². The van der Waals surface area contributed by atoms with Gasteiger partial charge in [0, 0.05) is 23.5 Å². The third-order valence-corrected chi connectivity index (χ3v) is 3.82. The van der Waals surface area contributed by atoms with E-state index in [1.165, 1.54) is 18.2 Å². The molecule has 2 aliphatic rings. The number of halogens is 2. The van der Waals surface area contributed by atoms with Crippen molar-refractivity contribution in [3.05, 3.63) is 36.4 Å². The molecule has 0 unspecified atom stereocenters. The van der Waals surface area contributed by atoms with Crippen LogP contribution >= 0.6 is 0 Å². The van der Waals surface area contributed by atoms with Gasteiger partial charge in [0.25, 0.3) is 0 Å². The minimum absolute atomic E-state index is 0.0574. The summed E-state index contributed by atoms with van der Waals surface area (Å²) in [6.45, 7) is 1.79. The average molecular weight is 364 g/mol. The van der Waals surface area contributed by atoms with Gasteiger partial charge < -0.3 is 29.6 Å². The Labute approximate surface area is 146 Å². The predicted molar refractivity (Wildman–Crippen MR) is 86.9 cm³/mol. The first-order chi connectivity index (χ1) is 12.4. The first-order valence-corrected chi connectivity index (χ1v) is 7.76. The molecule has 9 heteroatoms. The fourth-order valence-electron chi connectivity index (χ4n) is 2.58. The Bertz CT molecular complexity index is 874. The molecule has 2 heterocycles. The smallest absolute Gasteiger partial charge is 0.454 e. The zero-order valence-corrected chi connectivity index (χ0v) is 13.5. The summed E-state index contributed by atoms with van der Waals surface area (Å²) >= 11 is 0. The Morgan fingerprint density at radius 3 is 2.50 bits per heavy atom. The number of alkyl halides is 2. The van der Waals surface area contributed by atoms with Gasteiger partial charge in [0.1, 0.15) is 6.04 Å². The normalized spacial score (nSPS) is 16.9. The summed E-state index contributed by atoms with van der Waals surface area (Å²) in [5, 5.41) is 5.67. The number of rotatable bonds is 4. The van der Waals surface area contributed by atoms with E-state index in [-0.39, 0.29) is 24.2 Å². The Kier molecular flexibility index (Phi) is 3.71. The van der Waals surface area contributed by atoms with Gasteiger partial charge in [0.05, 0.1) is 0 Å². The third-order valence-electron chi connectivity index (χ3n) is 3.82. The van der Waals surface area contributed by atoms with E-state index in [1.54, 1.807) is 25.1 Å². The molecule has 0 saturated heterocycles. The lowest BCUT2D eigenvalue weighted by Gasteiger charge is -2.15. The highest BCUT2D eigenvalue weighted by Crippen LogP contribution is 2.42. The van der Waals surface area contributed by atoms with Crippen LogP contribution in [0.15, 0.2) is 36.4 Å². The molecule has 26 heavy (non-hydrogen) atoms. The van der Waals surface area contributed by atoms with Crippen molar-refractivity contribution in [2.45, 2.75) is 19.3 Å². The summed E-state index contributed by atoms with van der Waals surface area (Å²) in [6.07, 6.45) is -3.68. The summed E-state index contributed by atoms with van der Waals surface area (Å²) in [6, 6.07) is 8.64. The molecular formula is C17H14F2N2O5. The molecule has 0 aliphatic carbocycles. The van der Waals surface area contributed by atoms with Crippen molar-refractivity contribution >= 4 is 17.3 Å². The van der Waals surface area contributed by atoms with Crippen LogP contribution in [0.2, 0.25) is 0 Å². The fourth-order valence-corrected chi connectivity index (χ4v) is 2.58. The molecule has 1 amide bonds. The monoisotopic (exact) mass is 364 g/mol. The van der Waals surface area contributed by atoms with Crippen LogP contribution in [0.1, 0.15) is 6.92 Å². The summed E-state index contributed by atoms with van der Waals surface area (Å²) in [5.74, 6) is 0.708. The first-order valence-electron chi connectivity index (χ1n) is 7.76. The quantitative estimate of drug-likeness (QED) is 0.868. The van der Waals surface area contributed by atoms with Crippen molar-refractivity contribution in [2.24, 2.45) is 0 Å². The van der Waals surface area contributed by atoms with Crippen molar-refractivity contribution in [1.29, 1.82) is 0 Å². The van der Waals surface area contributed by atoms with Crippen molar-refractivity contribution in [3.63, 3.8) is 0 Å². The Hall–Kier alpha value is -3.23. The van der Waals surface area contributed by atoms with Gasteiger partial charge in [-0.1, -0.05) is 0 Å². The van der Waals surface area contributed by atoms with Crippen molar-refractivity contribution in [3.8, 4) is 23.0 Å². The van der Waals surface area contributed by atoms with E-state index in [4.69, 9.17) is 9.47 Å². The molecule has 2 aromatic carbocycles. The maximum Gasteiger partial charge on any atom is 0.586 e. The number of carbonyl (C=O) groups is 1. The molecule has 2 aliphatic heterocycles. The van der Waals surface area contributed by atoms with Gasteiger partial charge in [0.15, 0.2) is 23.0 Å². The lowest BCUT2D eigenvalue weighted by Crippen LogP contribution is -2.31. The second-order valence-corrected chi connectivity index (χ2v) is 5.75. The average Bonchev–Trinajstić information content (AvgIpc) is 3.16. The standard InChI is InChI=1S/C17H14F2N2O5/c1-9(16(22)21-11-2-4-12-14(6-11)24-8-23-12)20-10-3-5-13-15(7-10)26-17(18,19)25-13/h2-7,9,20H,8H2,1H3,(H,21,22)/t9-/m0/s1. The van der Waals surface area contributed by atoms with Crippen LogP contribution in [0.5, 0.6) is 23.0 Å². The van der Waals surface area contributed by atoms with Crippen LogP contribution in [0.4, 0.5) is 20.2 Å². The summed E-state index contributed by atoms with van der Waals surface area (Å²) in [4.78, 5) is 12.3. The molecule has 0 saturated carbocycles. The number of anilines is 2. The molecule has 0 aromatic heterocycles. The zero-order chi connectivity index (χ0) is 18.3. The first kappa shape index (κ1) is 16.2. The fraction of sp³-hybridized carbons (Fsp3) is 0.235. The highest BCUT2D eigenvalue weighted by Gasteiger charge is 2.43. The Morgan fingerprint density at radius 2 is 1.65 bits per heavy atom. The van der Waals surface area contributed by atoms with Crippen LogP contribution < -0.4 is 29.6 Å². The van der Waals surface area contributed by atoms with Crippen LogP contribution in [0, 0.1) is 0 Å². The second-order valence-electron chi connectivity index (χ2n) is 5.75. The zero-order valence-electron chi connectivity index (χ0n) is 13.5. The van der Waals surface area contributed by atoms with E-state index in [0.29, 0.717) is 22.9 Å². The Morgan fingerprint density at radius 1 is 1.00 bits per heavy atom. The lowest BCUT2D eigenvalue weighted by atomic mass is 10.2. The van der Waals surface area contributed by atoms with Crippen molar-refractivity contribution in [2.75, 3.05) is 17.4 Å².